The summed E-state index contributed by atoms with van der Waals surface area (Å²) in [6.07, 6.45) is 2.04. The third-order valence-corrected chi connectivity index (χ3v) is 5.93. The number of ether oxygens (including phenoxy) is 1. The average Bonchev–Trinajstić information content (AvgIpc) is 2.64. The highest BCUT2D eigenvalue weighted by atomic mass is 16.6. The third kappa shape index (κ3) is 7.84. The Morgan fingerprint density at radius 3 is 1.06 bits per heavy atom. The SMILES string of the molecule is CC(C)(C)CC(C)(C)c1ccc(C(=O)OC(=O)c2ccc(C(C)(C)CC(C)(C)C)cc2)cc1. The number of carbonyl (C=O) groups is 2. The van der Waals surface area contributed by atoms with Crippen LogP contribution in [0.2, 0.25) is 0 Å². The van der Waals surface area contributed by atoms with Crippen LogP contribution < -0.4 is 0 Å². The van der Waals surface area contributed by atoms with Crippen molar-refractivity contribution < 1.29 is 14.3 Å². The van der Waals surface area contributed by atoms with E-state index in [1.165, 1.54) is 0 Å². The second-order valence-corrected chi connectivity index (χ2v) is 13.1. The van der Waals surface area contributed by atoms with Gasteiger partial charge in [0.05, 0.1) is 11.1 Å². The van der Waals surface area contributed by atoms with Gasteiger partial charge in [0.25, 0.3) is 0 Å². The Kier molecular flexibility index (Phi) is 7.68. The largest absolute Gasteiger partial charge is 0.386 e. The smallest absolute Gasteiger partial charge is 0.346 e. The molecule has 0 heterocycles. The molecular weight excluding hydrogens is 408 g/mol. The average molecular weight is 451 g/mol. The zero-order valence-electron chi connectivity index (χ0n) is 22.3. The first-order valence-corrected chi connectivity index (χ1v) is 11.9. The highest BCUT2D eigenvalue weighted by Gasteiger charge is 2.29. The zero-order valence-corrected chi connectivity index (χ0v) is 22.3. The Bertz CT molecular complexity index is 882. The van der Waals surface area contributed by atoms with Gasteiger partial charge in [0.1, 0.15) is 0 Å². The molecule has 0 saturated carbocycles. The van der Waals surface area contributed by atoms with Crippen LogP contribution in [0, 0.1) is 10.8 Å². The van der Waals surface area contributed by atoms with Crippen LogP contribution in [0.25, 0.3) is 0 Å². The molecule has 3 nitrogen and oxygen atoms in total. The summed E-state index contributed by atoms with van der Waals surface area (Å²) in [6, 6.07) is 14.8. The van der Waals surface area contributed by atoms with Crippen LogP contribution in [0.4, 0.5) is 0 Å². The summed E-state index contributed by atoms with van der Waals surface area (Å²) < 4.78 is 5.16. The quantitative estimate of drug-likeness (QED) is 0.330. The predicted octanol–water partition coefficient (Wildman–Crippen LogP) is 8.11. The molecule has 0 N–H and O–H groups in total. The number of hydrogen-bond donors (Lipinski definition) is 0. The van der Waals surface area contributed by atoms with Crippen LogP contribution in [-0.2, 0) is 15.6 Å². The molecule has 0 radical (unpaired) electrons. The van der Waals surface area contributed by atoms with E-state index >= 15 is 0 Å². The first-order valence-electron chi connectivity index (χ1n) is 11.9. The van der Waals surface area contributed by atoms with Gasteiger partial charge in [-0.05, 0) is 69.9 Å². The molecule has 0 fully saturated rings. The molecule has 3 heteroatoms. The summed E-state index contributed by atoms with van der Waals surface area (Å²) in [5, 5.41) is 0. The lowest BCUT2D eigenvalue weighted by molar-refractivity contribution is 0.0397. The molecule has 180 valence electrons. The highest BCUT2D eigenvalue weighted by Crippen LogP contribution is 2.37. The minimum atomic E-state index is -0.627. The maximum absolute atomic E-state index is 12.6. The number of hydrogen-bond acceptors (Lipinski definition) is 3. The summed E-state index contributed by atoms with van der Waals surface area (Å²) in [4.78, 5) is 25.1. The van der Waals surface area contributed by atoms with E-state index in [-0.39, 0.29) is 21.7 Å². The van der Waals surface area contributed by atoms with Crippen molar-refractivity contribution in [3.8, 4) is 0 Å². The fourth-order valence-electron chi connectivity index (χ4n) is 5.17. The van der Waals surface area contributed by atoms with Gasteiger partial charge in [0, 0.05) is 0 Å². The van der Waals surface area contributed by atoms with Gasteiger partial charge in [-0.25, -0.2) is 9.59 Å². The lowest BCUT2D eigenvalue weighted by Gasteiger charge is -2.33. The van der Waals surface area contributed by atoms with Crippen molar-refractivity contribution in [3.63, 3.8) is 0 Å². The maximum atomic E-state index is 12.6. The number of rotatable bonds is 6. The molecule has 0 atom stereocenters. The van der Waals surface area contributed by atoms with Crippen LogP contribution in [0.5, 0.6) is 0 Å². The number of esters is 2. The van der Waals surface area contributed by atoms with Gasteiger partial charge in [-0.15, -0.1) is 0 Å². The van der Waals surface area contributed by atoms with Crippen molar-refractivity contribution in [1.29, 1.82) is 0 Å². The first kappa shape index (κ1) is 26.8. The van der Waals surface area contributed by atoms with E-state index in [2.05, 4.69) is 69.2 Å². The predicted molar refractivity (Wildman–Crippen MR) is 137 cm³/mol. The lowest BCUT2D eigenvalue weighted by Crippen LogP contribution is -2.25. The van der Waals surface area contributed by atoms with Crippen LogP contribution in [0.15, 0.2) is 48.5 Å². The second-order valence-electron chi connectivity index (χ2n) is 13.1. The Labute approximate surface area is 200 Å². The highest BCUT2D eigenvalue weighted by molar-refractivity contribution is 6.02. The van der Waals surface area contributed by atoms with Gasteiger partial charge in [0.2, 0.25) is 0 Å². The van der Waals surface area contributed by atoms with E-state index in [1.54, 1.807) is 24.3 Å². The van der Waals surface area contributed by atoms with E-state index in [1.807, 2.05) is 24.3 Å². The fraction of sp³-hybridized carbons (Fsp3) is 0.533. The molecule has 0 bridgehead atoms. The molecule has 0 spiro atoms. The first-order chi connectivity index (χ1) is 14.9. The van der Waals surface area contributed by atoms with Gasteiger partial charge in [-0.3, -0.25) is 0 Å². The summed E-state index contributed by atoms with van der Waals surface area (Å²) in [6.45, 7) is 22.2. The Morgan fingerprint density at radius 1 is 0.545 bits per heavy atom. The Morgan fingerprint density at radius 2 is 0.818 bits per heavy atom. The lowest BCUT2D eigenvalue weighted by atomic mass is 9.72. The van der Waals surface area contributed by atoms with Gasteiger partial charge >= 0.3 is 11.9 Å². The molecule has 33 heavy (non-hydrogen) atoms. The third-order valence-electron chi connectivity index (χ3n) is 5.93. The maximum Gasteiger partial charge on any atom is 0.346 e. The van der Waals surface area contributed by atoms with E-state index in [0.29, 0.717) is 11.1 Å². The van der Waals surface area contributed by atoms with Crippen molar-refractivity contribution in [2.75, 3.05) is 0 Å². The molecule has 0 aromatic heterocycles. The molecule has 2 rings (SSSR count). The van der Waals surface area contributed by atoms with Crippen molar-refractivity contribution in [3.05, 3.63) is 70.8 Å². The van der Waals surface area contributed by atoms with Crippen LogP contribution >= 0.6 is 0 Å². The molecule has 0 aliphatic heterocycles. The minimum absolute atomic E-state index is 0.0149. The summed E-state index contributed by atoms with van der Waals surface area (Å²) >= 11 is 0. The van der Waals surface area contributed by atoms with E-state index < -0.39 is 11.9 Å². The zero-order chi connectivity index (χ0) is 25.2. The van der Waals surface area contributed by atoms with Crippen molar-refractivity contribution >= 4 is 11.9 Å². The molecule has 0 aliphatic rings. The standard InChI is InChI=1S/C30H42O3/c1-27(2,3)19-29(7,8)23-15-11-21(12-16-23)25(31)33-26(32)22-13-17-24(18-14-22)30(9,10)20-28(4,5)6/h11-18H,19-20H2,1-10H3. The van der Waals surface area contributed by atoms with Gasteiger partial charge in [-0.2, -0.15) is 0 Å². The number of carbonyl (C=O) groups excluding carboxylic acids is 2. The van der Waals surface area contributed by atoms with Crippen molar-refractivity contribution in [2.45, 2.75) is 92.9 Å². The van der Waals surface area contributed by atoms with Gasteiger partial charge in [-0.1, -0.05) is 93.5 Å². The fourth-order valence-corrected chi connectivity index (χ4v) is 5.17. The molecule has 2 aromatic rings. The van der Waals surface area contributed by atoms with Crippen molar-refractivity contribution in [2.24, 2.45) is 10.8 Å². The molecule has 0 saturated heterocycles. The molecule has 0 amide bonds. The van der Waals surface area contributed by atoms with Crippen molar-refractivity contribution in [1.82, 2.24) is 0 Å². The van der Waals surface area contributed by atoms with E-state index in [0.717, 1.165) is 24.0 Å². The normalized spacial score (nSPS) is 13.0. The minimum Gasteiger partial charge on any atom is -0.386 e. The van der Waals surface area contributed by atoms with Crippen LogP contribution in [-0.4, -0.2) is 11.9 Å². The summed E-state index contributed by atoms with van der Waals surface area (Å²) in [5.74, 6) is -1.25. The van der Waals surface area contributed by atoms with E-state index in [4.69, 9.17) is 4.74 Å². The van der Waals surface area contributed by atoms with Crippen LogP contribution in [0.1, 0.15) is 114 Å². The second kappa shape index (κ2) is 9.44. The monoisotopic (exact) mass is 450 g/mol. The van der Waals surface area contributed by atoms with Crippen LogP contribution in [0.3, 0.4) is 0 Å². The number of benzene rings is 2. The summed E-state index contributed by atoms with van der Waals surface area (Å²) in [5.41, 5.74) is 3.44. The Balaban J connectivity index is 2.08. The van der Waals surface area contributed by atoms with Gasteiger partial charge in [0.15, 0.2) is 0 Å². The molecular formula is C30H42O3. The summed E-state index contributed by atoms with van der Waals surface area (Å²) in [7, 11) is 0. The van der Waals surface area contributed by atoms with Gasteiger partial charge < -0.3 is 4.74 Å². The topological polar surface area (TPSA) is 43.4 Å². The Hall–Kier alpha value is -2.42. The molecule has 2 aromatic carbocycles. The molecule has 0 aliphatic carbocycles. The van der Waals surface area contributed by atoms with E-state index in [9.17, 15) is 9.59 Å². The molecule has 0 unspecified atom stereocenters.